The van der Waals surface area contributed by atoms with Crippen LogP contribution in [0.5, 0.6) is 0 Å². The summed E-state index contributed by atoms with van der Waals surface area (Å²) in [5, 5.41) is 3.91. The van der Waals surface area contributed by atoms with Gasteiger partial charge in [-0.15, -0.1) is 0 Å². The third kappa shape index (κ3) is 3.07. The van der Waals surface area contributed by atoms with Gasteiger partial charge in [0.05, 0.1) is 0 Å². The Morgan fingerprint density at radius 1 is 1.15 bits per heavy atom. The minimum atomic E-state index is 0.732. The molecule has 2 heteroatoms. The first kappa shape index (κ1) is 14.1. The first-order valence-electron chi connectivity index (χ1n) is 8.13. The standard InChI is InChI=1S/C18H28N2/c1-13-4-6-15(7-5-13)16-10-17(11-16)19-18-8-9-20(3)12-14(18)2/h4-7,14,16-19H,8-12H2,1-3H3. The summed E-state index contributed by atoms with van der Waals surface area (Å²) in [6.45, 7) is 7.04. The molecular formula is C18H28N2. The number of benzene rings is 1. The largest absolute Gasteiger partial charge is 0.311 e. The molecule has 0 spiro atoms. The average Bonchev–Trinajstić information content (AvgIpc) is 2.37. The molecule has 0 amide bonds. The average molecular weight is 272 g/mol. The van der Waals surface area contributed by atoms with Gasteiger partial charge in [-0.3, -0.25) is 0 Å². The molecule has 2 atom stereocenters. The van der Waals surface area contributed by atoms with Crippen LogP contribution < -0.4 is 5.32 Å². The Morgan fingerprint density at radius 3 is 2.50 bits per heavy atom. The molecular weight excluding hydrogens is 244 g/mol. The highest BCUT2D eigenvalue weighted by Crippen LogP contribution is 2.37. The lowest BCUT2D eigenvalue weighted by Crippen LogP contribution is -2.53. The monoisotopic (exact) mass is 272 g/mol. The summed E-state index contributed by atoms with van der Waals surface area (Å²) in [6, 6.07) is 10.6. The first-order chi connectivity index (χ1) is 9.61. The van der Waals surface area contributed by atoms with Gasteiger partial charge in [-0.2, -0.15) is 0 Å². The summed E-state index contributed by atoms with van der Waals surface area (Å²) < 4.78 is 0. The van der Waals surface area contributed by atoms with Gasteiger partial charge < -0.3 is 10.2 Å². The highest BCUT2D eigenvalue weighted by molar-refractivity contribution is 5.26. The third-order valence-electron chi connectivity index (χ3n) is 5.24. The molecule has 2 fully saturated rings. The minimum absolute atomic E-state index is 0.732. The van der Waals surface area contributed by atoms with Crippen LogP contribution in [0.3, 0.4) is 0 Å². The molecule has 1 aliphatic carbocycles. The lowest BCUT2D eigenvalue weighted by atomic mass is 9.75. The van der Waals surface area contributed by atoms with Crippen molar-refractivity contribution in [3.8, 4) is 0 Å². The molecule has 2 aliphatic rings. The molecule has 110 valence electrons. The maximum atomic E-state index is 3.91. The van der Waals surface area contributed by atoms with Crippen LogP contribution >= 0.6 is 0 Å². The Morgan fingerprint density at radius 2 is 1.85 bits per heavy atom. The zero-order chi connectivity index (χ0) is 14.1. The lowest BCUT2D eigenvalue weighted by Gasteiger charge is -2.43. The van der Waals surface area contributed by atoms with Crippen LogP contribution in [0.2, 0.25) is 0 Å². The van der Waals surface area contributed by atoms with E-state index in [1.54, 1.807) is 0 Å². The molecule has 1 N–H and O–H groups in total. The number of nitrogens with zero attached hydrogens (tertiary/aromatic N) is 1. The van der Waals surface area contributed by atoms with Gasteiger partial charge in [0, 0.05) is 18.6 Å². The fourth-order valence-electron chi connectivity index (χ4n) is 3.77. The summed E-state index contributed by atoms with van der Waals surface area (Å²) in [5.74, 6) is 1.57. The molecule has 2 unspecified atom stereocenters. The molecule has 2 nitrogen and oxygen atoms in total. The number of piperidine rings is 1. The Balaban J connectivity index is 1.47. The number of nitrogens with one attached hydrogen (secondary N) is 1. The van der Waals surface area contributed by atoms with E-state index in [1.165, 1.54) is 43.5 Å². The van der Waals surface area contributed by atoms with Crippen molar-refractivity contribution in [2.75, 3.05) is 20.1 Å². The fourth-order valence-corrected chi connectivity index (χ4v) is 3.77. The predicted molar refractivity (Wildman–Crippen MR) is 85.1 cm³/mol. The first-order valence-corrected chi connectivity index (χ1v) is 8.13. The van der Waals surface area contributed by atoms with E-state index in [1.807, 2.05) is 0 Å². The van der Waals surface area contributed by atoms with Gasteiger partial charge in [0.1, 0.15) is 0 Å². The van der Waals surface area contributed by atoms with Crippen LogP contribution in [-0.4, -0.2) is 37.1 Å². The van der Waals surface area contributed by atoms with Crippen LogP contribution in [0.15, 0.2) is 24.3 Å². The number of aryl methyl sites for hydroxylation is 1. The molecule has 1 aliphatic heterocycles. The van der Waals surface area contributed by atoms with Crippen molar-refractivity contribution in [3.63, 3.8) is 0 Å². The van der Waals surface area contributed by atoms with E-state index in [4.69, 9.17) is 0 Å². The van der Waals surface area contributed by atoms with Gasteiger partial charge in [0.2, 0.25) is 0 Å². The summed E-state index contributed by atoms with van der Waals surface area (Å²) in [4.78, 5) is 2.46. The Bertz CT molecular complexity index is 433. The van der Waals surface area contributed by atoms with Crippen molar-refractivity contribution >= 4 is 0 Å². The molecule has 0 aromatic heterocycles. The molecule has 1 saturated carbocycles. The SMILES string of the molecule is Cc1ccc(C2CC(NC3CCN(C)CC3C)C2)cc1. The Hall–Kier alpha value is -0.860. The van der Waals surface area contributed by atoms with Gasteiger partial charge in [0.15, 0.2) is 0 Å². The van der Waals surface area contributed by atoms with Crippen LogP contribution in [-0.2, 0) is 0 Å². The number of hydrogen-bond acceptors (Lipinski definition) is 2. The van der Waals surface area contributed by atoms with Gasteiger partial charge in [-0.25, -0.2) is 0 Å². The summed E-state index contributed by atoms with van der Waals surface area (Å²) >= 11 is 0. The highest BCUT2D eigenvalue weighted by atomic mass is 15.1. The molecule has 3 rings (SSSR count). The number of likely N-dealkylation sites (tertiary alicyclic amines) is 1. The Labute approximate surface area is 123 Å². The van der Waals surface area contributed by atoms with Crippen LogP contribution in [0.25, 0.3) is 0 Å². The highest BCUT2D eigenvalue weighted by Gasteiger charge is 2.33. The van der Waals surface area contributed by atoms with Crippen LogP contribution in [0.4, 0.5) is 0 Å². The van der Waals surface area contributed by atoms with E-state index < -0.39 is 0 Å². The second-order valence-corrected chi connectivity index (χ2v) is 7.08. The summed E-state index contributed by atoms with van der Waals surface area (Å²) in [7, 11) is 2.24. The van der Waals surface area contributed by atoms with E-state index in [-0.39, 0.29) is 0 Å². The molecule has 0 radical (unpaired) electrons. The normalized spacial score (nSPS) is 34.8. The van der Waals surface area contributed by atoms with Gasteiger partial charge in [-0.1, -0.05) is 36.8 Å². The van der Waals surface area contributed by atoms with Crippen molar-refractivity contribution in [3.05, 3.63) is 35.4 Å². The minimum Gasteiger partial charge on any atom is -0.311 e. The van der Waals surface area contributed by atoms with Crippen LogP contribution in [0.1, 0.15) is 43.2 Å². The van der Waals surface area contributed by atoms with Crippen molar-refractivity contribution in [2.45, 2.75) is 51.1 Å². The van der Waals surface area contributed by atoms with E-state index in [9.17, 15) is 0 Å². The number of hydrogen-bond donors (Lipinski definition) is 1. The van der Waals surface area contributed by atoms with E-state index in [0.29, 0.717) is 0 Å². The molecule has 1 aromatic carbocycles. The lowest BCUT2D eigenvalue weighted by molar-refractivity contribution is 0.145. The fraction of sp³-hybridized carbons (Fsp3) is 0.667. The van der Waals surface area contributed by atoms with Crippen molar-refractivity contribution in [1.29, 1.82) is 0 Å². The van der Waals surface area contributed by atoms with Crippen molar-refractivity contribution in [1.82, 2.24) is 10.2 Å². The number of rotatable bonds is 3. The topological polar surface area (TPSA) is 15.3 Å². The van der Waals surface area contributed by atoms with E-state index in [2.05, 4.69) is 55.4 Å². The van der Waals surface area contributed by atoms with Gasteiger partial charge >= 0.3 is 0 Å². The maximum Gasteiger partial charge on any atom is 0.0120 e. The van der Waals surface area contributed by atoms with Gasteiger partial charge in [0.25, 0.3) is 0 Å². The van der Waals surface area contributed by atoms with Crippen LogP contribution in [0, 0.1) is 12.8 Å². The zero-order valence-corrected chi connectivity index (χ0v) is 13.1. The second kappa shape index (κ2) is 5.87. The van der Waals surface area contributed by atoms with E-state index in [0.717, 1.165) is 23.9 Å². The predicted octanol–water partition coefficient (Wildman–Crippen LogP) is 3.17. The van der Waals surface area contributed by atoms with Crippen molar-refractivity contribution in [2.24, 2.45) is 5.92 Å². The molecule has 20 heavy (non-hydrogen) atoms. The van der Waals surface area contributed by atoms with Crippen molar-refractivity contribution < 1.29 is 0 Å². The molecule has 1 aromatic rings. The Kier molecular flexibility index (Phi) is 4.13. The molecule has 1 heterocycles. The molecule has 1 saturated heterocycles. The quantitative estimate of drug-likeness (QED) is 0.909. The van der Waals surface area contributed by atoms with E-state index >= 15 is 0 Å². The molecule has 0 bridgehead atoms. The third-order valence-corrected chi connectivity index (χ3v) is 5.24. The summed E-state index contributed by atoms with van der Waals surface area (Å²) in [5.41, 5.74) is 2.90. The summed E-state index contributed by atoms with van der Waals surface area (Å²) in [6.07, 6.45) is 3.95. The zero-order valence-electron chi connectivity index (χ0n) is 13.1. The maximum absolute atomic E-state index is 3.91. The smallest absolute Gasteiger partial charge is 0.0120 e. The van der Waals surface area contributed by atoms with Gasteiger partial charge in [-0.05, 0) is 57.2 Å². The second-order valence-electron chi connectivity index (χ2n) is 7.08.